The molecule has 1 unspecified atom stereocenters. The Labute approximate surface area is 215 Å². The molecule has 0 saturated heterocycles. The number of carbonyl (C=O) groups excluding carboxylic acids is 1. The molecule has 11 heteroatoms. The van der Waals surface area contributed by atoms with Crippen LogP contribution in [0, 0.1) is 4.78 Å². The Morgan fingerprint density at radius 2 is 1.70 bits per heavy atom. The number of nitrogen functional groups attached to an aromatic ring is 1. The number of benzene rings is 2. The molecule has 0 amide bonds. The molecular formula is C26H31N7O3S. The highest BCUT2D eigenvalue weighted by Crippen LogP contribution is 2.21. The zero-order valence-corrected chi connectivity index (χ0v) is 21.7. The molecule has 4 aromatic rings. The van der Waals surface area contributed by atoms with Crippen molar-refractivity contribution < 1.29 is 9.00 Å². The van der Waals surface area contributed by atoms with Crippen LogP contribution >= 0.6 is 0 Å². The molecule has 2 heterocycles. The number of aromatic nitrogens is 4. The third kappa shape index (κ3) is 5.78. The summed E-state index contributed by atoms with van der Waals surface area (Å²) in [5.74, 6) is -0.611. The van der Waals surface area contributed by atoms with Crippen molar-refractivity contribution in [3.63, 3.8) is 0 Å². The molecule has 0 radical (unpaired) electrons. The van der Waals surface area contributed by atoms with Gasteiger partial charge in [0.15, 0.2) is 11.5 Å². The second-order valence-electron chi connectivity index (χ2n) is 9.00. The number of hydrogen-bond donors (Lipinski definition) is 3. The maximum atomic E-state index is 13.5. The monoisotopic (exact) mass is 521 g/mol. The summed E-state index contributed by atoms with van der Waals surface area (Å²) in [7, 11) is -3.31. The standard InChI is InChI=1S/C26H31N7O3S/c1-3-14-37(28,36)25-30-23(27)22-24(31-25)32(17-20-12-8-5-9-13-20)26(35)33(22)21(34)16-29-18(2)15-19-10-6-4-7-11-19/h4-13,18,28-29H,3,14-17H2,1-2H3,(H2,27,30,31)/t18-,37?/m0/s1. The van der Waals surface area contributed by atoms with E-state index in [0.29, 0.717) is 12.8 Å². The fraction of sp³-hybridized carbons (Fsp3) is 0.308. The first-order chi connectivity index (χ1) is 17.7. The van der Waals surface area contributed by atoms with Crippen LogP contribution in [0.3, 0.4) is 0 Å². The Kier molecular flexibility index (Phi) is 7.84. The van der Waals surface area contributed by atoms with Crippen LogP contribution in [0.15, 0.2) is 70.6 Å². The summed E-state index contributed by atoms with van der Waals surface area (Å²) in [6, 6.07) is 19.1. The van der Waals surface area contributed by atoms with Gasteiger partial charge in [0, 0.05) is 11.8 Å². The van der Waals surface area contributed by atoms with Crippen molar-refractivity contribution in [3.05, 3.63) is 82.3 Å². The summed E-state index contributed by atoms with van der Waals surface area (Å²) in [5.41, 5.74) is 7.67. The maximum Gasteiger partial charge on any atom is 0.337 e. The second-order valence-corrected chi connectivity index (χ2v) is 11.1. The SMILES string of the molecule is CCCS(=N)(=O)c1nc(N)c2c(n1)n(Cc1ccccc1)c(=O)n2C(=O)CN[C@@H](C)Cc1ccccc1. The normalized spacial score (nSPS) is 13.9. The fourth-order valence-electron chi connectivity index (χ4n) is 4.20. The number of nitrogens with one attached hydrogen (secondary N) is 2. The van der Waals surface area contributed by atoms with Gasteiger partial charge >= 0.3 is 5.69 Å². The van der Waals surface area contributed by atoms with Crippen molar-refractivity contribution in [2.24, 2.45) is 0 Å². The zero-order valence-electron chi connectivity index (χ0n) is 20.9. The highest BCUT2D eigenvalue weighted by molar-refractivity contribution is 7.92. The van der Waals surface area contributed by atoms with Crippen molar-refractivity contribution in [2.45, 2.75) is 44.4 Å². The minimum absolute atomic E-state index is 0.0260. The highest BCUT2D eigenvalue weighted by Gasteiger charge is 2.26. The molecule has 0 saturated carbocycles. The quantitative estimate of drug-likeness (QED) is 0.272. The maximum absolute atomic E-state index is 13.5. The number of fused-ring (bicyclic) bond motifs is 1. The smallest absolute Gasteiger partial charge is 0.337 e. The van der Waals surface area contributed by atoms with Crippen molar-refractivity contribution in [1.29, 1.82) is 4.78 Å². The summed E-state index contributed by atoms with van der Waals surface area (Å²) >= 11 is 0. The van der Waals surface area contributed by atoms with Crippen LogP contribution in [0.2, 0.25) is 0 Å². The summed E-state index contributed by atoms with van der Waals surface area (Å²) in [5, 5.41) is 2.94. The minimum Gasteiger partial charge on any atom is -0.382 e. The lowest BCUT2D eigenvalue weighted by atomic mass is 10.1. The molecular weight excluding hydrogens is 490 g/mol. The van der Waals surface area contributed by atoms with Gasteiger partial charge in [0.2, 0.25) is 11.1 Å². The van der Waals surface area contributed by atoms with Crippen molar-refractivity contribution in [3.8, 4) is 0 Å². The highest BCUT2D eigenvalue weighted by atomic mass is 32.2. The number of hydrogen-bond acceptors (Lipinski definition) is 8. The second kappa shape index (κ2) is 11.1. The molecule has 0 fully saturated rings. The van der Waals surface area contributed by atoms with E-state index in [9.17, 15) is 13.8 Å². The van der Waals surface area contributed by atoms with E-state index in [1.54, 1.807) is 0 Å². The van der Waals surface area contributed by atoms with Gasteiger partial charge in [-0.25, -0.2) is 23.3 Å². The van der Waals surface area contributed by atoms with Crippen LogP contribution in [0.25, 0.3) is 11.2 Å². The van der Waals surface area contributed by atoms with Crippen LogP contribution in [0.1, 0.15) is 36.2 Å². The summed E-state index contributed by atoms with van der Waals surface area (Å²) < 4.78 is 23.5. The number of nitrogens with two attached hydrogens (primary N) is 1. The van der Waals surface area contributed by atoms with E-state index in [0.717, 1.165) is 15.7 Å². The Morgan fingerprint density at radius 3 is 2.32 bits per heavy atom. The molecule has 0 aliphatic heterocycles. The number of carbonyl (C=O) groups is 1. The van der Waals surface area contributed by atoms with E-state index in [1.807, 2.05) is 74.5 Å². The van der Waals surface area contributed by atoms with Crippen molar-refractivity contribution >= 4 is 32.6 Å². The Balaban J connectivity index is 1.73. The van der Waals surface area contributed by atoms with Gasteiger partial charge < -0.3 is 11.1 Å². The molecule has 194 valence electrons. The minimum atomic E-state index is -3.31. The molecule has 0 aliphatic rings. The number of rotatable bonds is 10. The average molecular weight is 522 g/mol. The lowest BCUT2D eigenvalue weighted by Gasteiger charge is -2.13. The first-order valence-corrected chi connectivity index (χ1v) is 13.8. The Bertz CT molecular complexity index is 1560. The van der Waals surface area contributed by atoms with Gasteiger partial charge in [0.25, 0.3) is 0 Å². The van der Waals surface area contributed by atoms with Crippen molar-refractivity contribution in [1.82, 2.24) is 24.4 Å². The van der Waals surface area contributed by atoms with E-state index >= 15 is 0 Å². The molecule has 2 aromatic carbocycles. The molecule has 2 aromatic heterocycles. The third-order valence-electron chi connectivity index (χ3n) is 5.98. The van der Waals surface area contributed by atoms with E-state index in [-0.39, 0.29) is 47.0 Å². The van der Waals surface area contributed by atoms with Crippen LogP contribution in [-0.4, -0.2) is 47.6 Å². The topological polar surface area (TPSA) is 149 Å². The average Bonchev–Trinajstić information content (AvgIpc) is 3.15. The van der Waals surface area contributed by atoms with Crippen molar-refractivity contribution in [2.75, 3.05) is 18.0 Å². The molecule has 10 nitrogen and oxygen atoms in total. The first-order valence-electron chi connectivity index (χ1n) is 12.1. The molecule has 4 N–H and O–H groups in total. The molecule has 0 bridgehead atoms. The number of anilines is 1. The summed E-state index contributed by atoms with van der Waals surface area (Å²) in [6.07, 6.45) is 1.20. The summed E-state index contributed by atoms with van der Waals surface area (Å²) in [6.45, 7) is 3.79. The van der Waals surface area contributed by atoms with Gasteiger partial charge in [-0.15, -0.1) is 0 Å². The van der Waals surface area contributed by atoms with Crippen LogP contribution < -0.4 is 16.7 Å². The van der Waals surface area contributed by atoms with E-state index in [4.69, 9.17) is 10.5 Å². The molecule has 0 aliphatic carbocycles. The predicted molar refractivity (Wildman–Crippen MR) is 144 cm³/mol. The van der Waals surface area contributed by atoms with Gasteiger partial charge in [-0.05, 0) is 30.9 Å². The van der Waals surface area contributed by atoms with Gasteiger partial charge in [-0.2, -0.15) is 4.98 Å². The largest absolute Gasteiger partial charge is 0.382 e. The number of imidazole rings is 1. The molecule has 2 atom stereocenters. The van der Waals surface area contributed by atoms with Gasteiger partial charge in [0.05, 0.1) is 13.1 Å². The Hall–Kier alpha value is -3.83. The number of nitrogens with zero attached hydrogens (tertiary/aromatic N) is 4. The molecule has 4 rings (SSSR count). The lowest BCUT2D eigenvalue weighted by Crippen LogP contribution is -2.39. The van der Waals surface area contributed by atoms with Crippen LogP contribution in [-0.2, 0) is 22.7 Å². The summed E-state index contributed by atoms with van der Waals surface area (Å²) in [4.78, 5) is 35.3. The van der Waals surface area contributed by atoms with Crippen LogP contribution in [0.4, 0.5) is 5.82 Å². The van der Waals surface area contributed by atoms with Gasteiger partial charge in [-0.3, -0.25) is 9.36 Å². The predicted octanol–water partition coefficient (Wildman–Crippen LogP) is 2.90. The fourth-order valence-corrected chi connectivity index (χ4v) is 5.43. The van der Waals surface area contributed by atoms with Crippen LogP contribution in [0.5, 0.6) is 0 Å². The zero-order chi connectivity index (χ0) is 26.6. The van der Waals surface area contributed by atoms with E-state index in [2.05, 4.69) is 15.3 Å². The first kappa shape index (κ1) is 26.2. The third-order valence-corrected chi connectivity index (χ3v) is 7.73. The van der Waals surface area contributed by atoms with E-state index < -0.39 is 21.3 Å². The Morgan fingerprint density at radius 1 is 1.08 bits per heavy atom. The molecule has 0 spiro atoms. The molecule has 37 heavy (non-hydrogen) atoms. The van der Waals surface area contributed by atoms with E-state index in [1.165, 1.54) is 4.57 Å². The lowest BCUT2D eigenvalue weighted by molar-refractivity contribution is 0.0909. The van der Waals surface area contributed by atoms with Gasteiger partial charge in [0.1, 0.15) is 15.2 Å². The van der Waals surface area contributed by atoms with Gasteiger partial charge in [-0.1, -0.05) is 67.6 Å².